The lowest BCUT2D eigenvalue weighted by atomic mass is 9.90. The van der Waals surface area contributed by atoms with Crippen LogP contribution in [0.2, 0.25) is 0 Å². The van der Waals surface area contributed by atoms with Gasteiger partial charge in [-0.25, -0.2) is 12.8 Å². The minimum absolute atomic E-state index is 0.129. The molecule has 6 nitrogen and oxygen atoms in total. The number of aryl methyl sites for hydroxylation is 1. The maximum absolute atomic E-state index is 13.4. The first kappa shape index (κ1) is 23.9. The van der Waals surface area contributed by atoms with E-state index in [4.69, 9.17) is 4.74 Å². The van der Waals surface area contributed by atoms with E-state index in [1.807, 2.05) is 11.0 Å². The van der Waals surface area contributed by atoms with E-state index in [1.54, 1.807) is 36.4 Å². The molecular formula is C25H31FN2O4S. The summed E-state index contributed by atoms with van der Waals surface area (Å²) in [5.41, 5.74) is 1.96. The molecule has 2 aromatic rings. The fourth-order valence-corrected chi connectivity index (χ4v) is 5.97. The van der Waals surface area contributed by atoms with E-state index in [0.29, 0.717) is 45.1 Å². The molecule has 4 rings (SSSR count). The average Bonchev–Trinajstić information content (AvgIpc) is 2.84. The molecule has 0 spiro atoms. The molecule has 0 saturated carbocycles. The number of carbonyl (C=O) groups excluding carboxylic acids is 1. The van der Waals surface area contributed by atoms with Crippen LogP contribution in [0.25, 0.3) is 0 Å². The summed E-state index contributed by atoms with van der Waals surface area (Å²) >= 11 is 0. The highest BCUT2D eigenvalue weighted by Crippen LogP contribution is 2.23. The minimum Gasteiger partial charge on any atom is -0.379 e. The van der Waals surface area contributed by atoms with Gasteiger partial charge >= 0.3 is 0 Å². The summed E-state index contributed by atoms with van der Waals surface area (Å²) in [6.07, 6.45) is 3.69. The molecule has 2 fully saturated rings. The van der Waals surface area contributed by atoms with Crippen molar-refractivity contribution in [2.24, 2.45) is 5.92 Å². The Hall–Kier alpha value is -2.29. The third-order valence-corrected chi connectivity index (χ3v) is 8.45. The quantitative estimate of drug-likeness (QED) is 0.618. The second kappa shape index (κ2) is 10.8. The van der Waals surface area contributed by atoms with Gasteiger partial charge in [0.2, 0.25) is 15.9 Å². The predicted molar refractivity (Wildman–Crippen MR) is 124 cm³/mol. The SMILES string of the molecule is O=C(CCc1ccc(S(=O)(=O)N2CCOCC2)cc1)N1CCC(Cc2cccc(F)c2)CC1. The Bertz CT molecular complexity index is 1040. The number of carbonyl (C=O) groups is 1. The lowest BCUT2D eigenvalue weighted by molar-refractivity contribution is -0.132. The Morgan fingerprint density at radius 1 is 0.970 bits per heavy atom. The average molecular weight is 475 g/mol. The van der Waals surface area contributed by atoms with E-state index < -0.39 is 10.0 Å². The molecule has 8 heteroatoms. The lowest BCUT2D eigenvalue weighted by Crippen LogP contribution is -2.40. The number of nitrogens with zero attached hydrogens (tertiary/aromatic N) is 2. The highest BCUT2D eigenvalue weighted by Gasteiger charge is 2.26. The Balaban J connectivity index is 1.24. The predicted octanol–water partition coefficient (Wildman–Crippen LogP) is 3.26. The zero-order valence-corrected chi connectivity index (χ0v) is 19.6. The van der Waals surface area contributed by atoms with Crippen LogP contribution in [0.15, 0.2) is 53.4 Å². The molecule has 0 bridgehead atoms. The molecule has 2 saturated heterocycles. The van der Waals surface area contributed by atoms with Crippen LogP contribution < -0.4 is 0 Å². The van der Waals surface area contributed by atoms with Crippen LogP contribution in [0.4, 0.5) is 4.39 Å². The van der Waals surface area contributed by atoms with Gasteiger partial charge in [0.05, 0.1) is 18.1 Å². The van der Waals surface area contributed by atoms with E-state index in [1.165, 1.54) is 10.4 Å². The van der Waals surface area contributed by atoms with E-state index in [2.05, 4.69) is 0 Å². The molecule has 0 N–H and O–H groups in total. The lowest BCUT2D eigenvalue weighted by Gasteiger charge is -2.32. The van der Waals surface area contributed by atoms with Crippen molar-refractivity contribution >= 4 is 15.9 Å². The van der Waals surface area contributed by atoms with Crippen LogP contribution in [0.5, 0.6) is 0 Å². The standard InChI is InChI=1S/C25H31FN2O4S/c26-23-3-1-2-22(19-23)18-21-10-12-27(13-11-21)25(29)9-6-20-4-7-24(8-5-20)33(30,31)28-14-16-32-17-15-28/h1-5,7-8,19,21H,6,9-18H2. The molecule has 0 aliphatic carbocycles. The zero-order chi connectivity index (χ0) is 23.3. The van der Waals surface area contributed by atoms with Crippen LogP contribution in [-0.4, -0.2) is 62.9 Å². The molecule has 2 heterocycles. The van der Waals surface area contributed by atoms with Crippen LogP contribution >= 0.6 is 0 Å². The summed E-state index contributed by atoms with van der Waals surface area (Å²) in [5.74, 6) is 0.396. The van der Waals surface area contributed by atoms with Crippen molar-refractivity contribution in [3.63, 3.8) is 0 Å². The van der Waals surface area contributed by atoms with Gasteiger partial charge in [0.15, 0.2) is 0 Å². The number of hydrogen-bond donors (Lipinski definition) is 0. The van der Waals surface area contributed by atoms with Gasteiger partial charge in [-0.15, -0.1) is 0 Å². The summed E-state index contributed by atoms with van der Waals surface area (Å²) in [5, 5.41) is 0. The van der Waals surface area contributed by atoms with Crippen LogP contribution in [0.1, 0.15) is 30.4 Å². The summed E-state index contributed by atoms with van der Waals surface area (Å²) < 4.78 is 45.5. The number of sulfonamides is 1. The normalized spacial score (nSPS) is 18.4. The van der Waals surface area contributed by atoms with Gasteiger partial charge in [-0.05, 0) is 67.0 Å². The second-order valence-corrected chi connectivity index (χ2v) is 10.8. The zero-order valence-electron chi connectivity index (χ0n) is 18.8. The minimum atomic E-state index is -3.50. The number of piperidine rings is 1. The third-order valence-electron chi connectivity index (χ3n) is 6.54. The van der Waals surface area contributed by atoms with Crippen molar-refractivity contribution in [3.8, 4) is 0 Å². The van der Waals surface area contributed by atoms with E-state index in [-0.39, 0.29) is 16.6 Å². The van der Waals surface area contributed by atoms with Crippen molar-refractivity contribution in [1.82, 2.24) is 9.21 Å². The number of amides is 1. The smallest absolute Gasteiger partial charge is 0.243 e. The maximum atomic E-state index is 13.4. The molecule has 0 atom stereocenters. The number of hydrogen-bond acceptors (Lipinski definition) is 4. The van der Waals surface area contributed by atoms with Gasteiger partial charge in [-0.2, -0.15) is 4.31 Å². The Morgan fingerprint density at radius 2 is 1.67 bits per heavy atom. The second-order valence-electron chi connectivity index (χ2n) is 8.82. The van der Waals surface area contributed by atoms with Gasteiger partial charge in [-0.3, -0.25) is 4.79 Å². The molecule has 0 aromatic heterocycles. The number of rotatable bonds is 7. The molecular weight excluding hydrogens is 443 g/mol. The van der Waals surface area contributed by atoms with E-state index in [0.717, 1.165) is 43.5 Å². The van der Waals surface area contributed by atoms with Crippen LogP contribution in [-0.2, 0) is 32.4 Å². The monoisotopic (exact) mass is 474 g/mol. The molecule has 2 aliphatic rings. The largest absolute Gasteiger partial charge is 0.379 e. The maximum Gasteiger partial charge on any atom is 0.243 e. The first-order chi connectivity index (χ1) is 15.9. The van der Waals surface area contributed by atoms with Crippen molar-refractivity contribution < 1.29 is 22.3 Å². The van der Waals surface area contributed by atoms with Crippen molar-refractivity contribution in [3.05, 3.63) is 65.5 Å². The molecule has 0 radical (unpaired) electrons. The van der Waals surface area contributed by atoms with Gasteiger partial charge in [0.1, 0.15) is 5.82 Å². The van der Waals surface area contributed by atoms with Gasteiger partial charge < -0.3 is 9.64 Å². The molecule has 178 valence electrons. The first-order valence-electron chi connectivity index (χ1n) is 11.6. The number of ether oxygens (including phenoxy) is 1. The molecule has 0 unspecified atom stereocenters. The fraction of sp³-hybridized carbons (Fsp3) is 0.480. The highest BCUT2D eigenvalue weighted by molar-refractivity contribution is 7.89. The third kappa shape index (κ3) is 6.19. The van der Waals surface area contributed by atoms with Crippen LogP contribution in [0.3, 0.4) is 0 Å². The van der Waals surface area contributed by atoms with E-state index >= 15 is 0 Å². The first-order valence-corrected chi connectivity index (χ1v) is 13.0. The van der Waals surface area contributed by atoms with Gasteiger partial charge in [-0.1, -0.05) is 24.3 Å². The number of morpholine rings is 1. The Labute approximate surface area is 195 Å². The molecule has 2 aliphatic heterocycles. The van der Waals surface area contributed by atoms with Crippen molar-refractivity contribution in [1.29, 1.82) is 0 Å². The number of benzene rings is 2. The molecule has 2 aromatic carbocycles. The Morgan fingerprint density at radius 3 is 2.33 bits per heavy atom. The topological polar surface area (TPSA) is 66.9 Å². The molecule has 1 amide bonds. The summed E-state index contributed by atoms with van der Waals surface area (Å²) in [6.45, 7) is 3.04. The highest BCUT2D eigenvalue weighted by atomic mass is 32.2. The summed E-state index contributed by atoms with van der Waals surface area (Å²) in [7, 11) is -3.50. The van der Waals surface area contributed by atoms with Crippen molar-refractivity contribution in [2.75, 3.05) is 39.4 Å². The number of likely N-dealkylation sites (tertiary alicyclic amines) is 1. The number of halogens is 1. The molecule has 33 heavy (non-hydrogen) atoms. The Kier molecular flexibility index (Phi) is 7.78. The summed E-state index contributed by atoms with van der Waals surface area (Å²) in [4.78, 5) is 14.9. The van der Waals surface area contributed by atoms with Crippen molar-refractivity contribution in [2.45, 2.75) is 37.0 Å². The fourth-order valence-electron chi connectivity index (χ4n) is 4.56. The van der Waals surface area contributed by atoms with Gasteiger partial charge in [0, 0.05) is 32.6 Å². The summed E-state index contributed by atoms with van der Waals surface area (Å²) in [6, 6.07) is 13.6. The van der Waals surface area contributed by atoms with Crippen LogP contribution in [0, 0.1) is 11.7 Å². The van der Waals surface area contributed by atoms with E-state index in [9.17, 15) is 17.6 Å². The van der Waals surface area contributed by atoms with Gasteiger partial charge in [0.25, 0.3) is 0 Å².